The number of aryl methyl sites for hydroxylation is 3. The minimum Gasteiger partial charge on any atom is -0.397 e. The van der Waals surface area contributed by atoms with Crippen molar-refractivity contribution in [3.05, 3.63) is 40.2 Å². The Bertz CT molecular complexity index is 763. The number of nitrogens with two attached hydrogens (primary N) is 1. The molecule has 21 heavy (non-hydrogen) atoms. The number of nitrogens with zero attached hydrogens (tertiary/aromatic N) is 2. The average Bonchev–Trinajstić information content (AvgIpc) is 2.33. The second kappa shape index (κ2) is 5.50. The number of benzene rings is 1. The van der Waals surface area contributed by atoms with Gasteiger partial charge in [-0.05, 0) is 44.5 Å². The van der Waals surface area contributed by atoms with Gasteiger partial charge in [-0.15, -0.1) is 0 Å². The number of aromatic nitrogens is 2. The van der Waals surface area contributed by atoms with Crippen LogP contribution in [-0.2, 0) is 10.0 Å². The fourth-order valence-electron chi connectivity index (χ4n) is 1.87. The summed E-state index contributed by atoms with van der Waals surface area (Å²) in [4.78, 5) is 8.12. The SMILES string of the molecule is Cc1cc(C)nc(NS(=O)(=O)c2cc(C)c(Cl)c(N)c2)n1. The molecule has 2 aromatic rings. The molecule has 0 saturated heterocycles. The monoisotopic (exact) mass is 326 g/mol. The molecule has 112 valence electrons. The van der Waals surface area contributed by atoms with Gasteiger partial charge in [0.2, 0.25) is 5.95 Å². The Morgan fingerprint density at radius 1 is 1.10 bits per heavy atom. The number of rotatable bonds is 3. The number of sulfonamides is 1. The minimum absolute atomic E-state index is 0.0182. The third-order valence-corrected chi connectivity index (χ3v) is 4.60. The molecule has 0 aliphatic carbocycles. The van der Waals surface area contributed by atoms with Gasteiger partial charge in [0.25, 0.3) is 10.0 Å². The molecule has 8 heteroatoms. The van der Waals surface area contributed by atoms with Crippen molar-refractivity contribution in [2.24, 2.45) is 0 Å². The van der Waals surface area contributed by atoms with E-state index in [1.807, 2.05) is 0 Å². The molecule has 0 spiro atoms. The predicted octanol–water partition coefficient (Wildman–Crippen LogP) is 2.44. The summed E-state index contributed by atoms with van der Waals surface area (Å²) in [5, 5.41) is 0.344. The Balaban J connectivity index is 2.43. The van der Waals surface area contributed by atoms with Gasteiger partial charge in [0, 0.05) is 11.4 Å². The first kappa shape index (κ1) is 15.5. The Labute approximate surface area is 128 Å². The Morgan fingerprint density at radius 3 is 2.19 bits per heavy atom. The van der Waals surface area contributed by atoms with Gasteiger partial charge in [0.15, 0.2) is 0 Å². The van der Waals surface area contributed by atoms with E-state index in [-0.39, 0.29) is 16.5 Å². The van der Waals surface area contributed by atoms with E-state index >= 15 is 0 Å². The lowest BCUT2D eigenvalue weighted by atomic mass is 10.2. The molecular weight excluding hydrogens is 312 g/mol. The van der Waals surface area contributed by atoms with E-state index in [1.165, 1.54) is 12.1 Å². The fourth-order valence-corrected chi connectivity index (χ4v) is 3.04. The quantitative estimate of drug-likeness (QED) is 0.844. The van der Waals surface area contributed by atoms with Gasteiger partial charge in [-0.3, -0.25) is 0 Å². The normalized spacial score (nSPS) is 11.4. The molecule has 1 aromatic heterocycles. The highest BCUT2D eigenvalue weighted by Crippen LogP contribution is 2.27. The lowest BCUT2D eigenvalue weighted by Gasteiger charge is -2.10. The van der Waals surface area contributed by atoms with Crippen LogP contribution in [0, 0.1) is 20.8 Å². The maximum absolute atomic E-state index is 12.4. The van der Waals surface area contributed by atoms with E-state index in [1.54, 1.807) is 26.8 Å². The summed E-state index contributed by atoms with van der Waals surface area (Å²) in [5.74, 6) is 0.0266. The maximum atomic E-state index is 12.4. The predicted molar refractivity (Wildman–Crippen MR) is 82.9 cm³/mol. The van der Waals surface area contributed by atoms with Gasteiger partial charge in [0.1, 0.15) is 0 Å². The van der Waals surface area contributed by atoms with Gasteiger partial charge < -0.3 is 5.73 Å². The second-order valence-corrected chi connectivity index (χ2v) is 6.78. The smallest absolute Gasteiger partial charge is 0.264 e. The van der Waals surface area contributed by atoms with E-state index in [9.17, 15) is 8.42 Å². The Hall–Kier alpha value is -1.86. The molecule has 0 bridgehead atoms. The van der Waals surface area contributed by atoms with Crippen molar-refractivity contribution in [2.45, 2.75) is 25.7 Å². The number of halogens is 1. The van der Waals surface area contributed by atoms with Crippen LogP contribution in [0.25, 0.3) is 0 Å². The average molecular weight is 327 g/mol. The fraction of sp³-hybridized carbons (Fsp3) is 0.231. The Morgan fingerprint density at radius 2 is 1.67 bits per heavy atom. The summed E-state index contributed by atoms with van der Waals surface area (Å²) in [7, 11) is -3.82. The molecule has 6 nitrogen and oxygen atoms in total. The summed E-state index contributed by atoms with van der Waals surface area (Å²) in [6.45, 7) is 5.21. The molecule has 0 amide bonds. The van der Waals surface area contributed by atoms with Crippen LogP contribution in [0.3, 0.4) is 0 Å². The second-order valence-electron chi connectivity index (χ2n) is 4.72. The number of hydrogen-bond donors (Lipinski definition) is 2. The first-order valence-electron chi connectivity index (χ1n) is 6.10. The Kier molecular flexibility index (Phi) is 4.06. The molecular formula is C13H15ClN4O2S. The lowest BCUT2D eigenvalue weighted by molar-refractivity contribution is 0.600. The summed E-state index contributed by atoms with van der Waals surface area (Å²) in [6.07, 6.45) is 0. The van der Waals surface area contributed by atoms with Crippen molar-refractivity contribution in [2.75, 3.05) is 10.5 Å². The van der Waals surface area contributed by atoms with Gasteiger partial charge in [0.05, 0.1) is 15.6 Å². The zero-order valence-corrected chi connectivity index (χ0v) is 13.4. The van der Waals surface area contributed by atoms with E-state index in [2.05, 4.69) is 14.7 Å². The summed E-state index contributed by atoms with van der Waals surface area (Å²) < 4.78 is 27.0. The summed E-state index contributed by atoms with van der Waals surface area (Å²) >= 11 is 5.94. The van der Waals surface area contributed by atoms with Crippen molar-refractivity contribution in [1.82, 2.24) is 9.97 Å². The molecule has 0 saturated carbocycles. The number of hydrogen-bond acceptors (Lipinski definition) is 5. The van der Waals surface area contributed by atoms with Crippen LogP contribution in [-0.4, -0.2) is 18.4 Å². The number of anilines is 2. The van der Waals surface area contributed by atoms with Crippen molar-refractivity contribution in [3.8, 4) is 0 Å². The molecule has 1 heterocycles. The number of nitrogen functional groups attached to an aromatic ring is 1. The lowest BCUT2D eigenvalue weighted by Crippen LogP contribution is -2.16. The van der Waals surface area contributed by atoms with Crippen LogP contribution in [0.1, 0.15) is 17.0 Å². The van der Waals surface area contributed by atoms with Gasteiger partial charge >= 0.3 is 0 Å². The van der Waals surface area contributed by atoms with Crippen LogP contribution < -0.4 is 10.5 Å². The van der Waals surface area contributed by atoms with E-state index in [0.29, 0.717) is 22.0 Å². The van der Waals surface area contributed by atoms with E-state index in [4.69, 9.17) is 17.3 Å². The van der Waals surface area contributed by atoms with E-state index in [0.717, 1.165) is 0 Å². The maximum Gasteiger partial charge on any atom is 0.264 e. The van der Waals surface area contributed by atoms with Crippen LogP contribution in [0.4, 0.5) is 11.6 Å². The van der Waals surface area contributed by atoms with Gasteiger partial charge in [-0.1, -0.05) is 11.6 Å². The van der Waals surface area contributed by atoms with Crippen LogP contribution >= 0.6 is 11.6 Å². The van der Waals surface area contributed by atoms with Crippen molar-refractivity contribution >= 4 is 33.3 Å². The molecule has 0 aliphatic rings. The van der Waals surface area contributed by atoms with Crippen molar-refractivity contribution in [1.29, 1.82) is 0 Å². The van der Waals surface area contributed by atoms with Crippen molar-refractivity contribution < 1.29 is 8.42 Å². The molecule has 0 aliphatic heterocycles. The third-order valence-electron chi connectivity index (χ3n) is 2.77. The minimum atomic E-state index is -3.82. The molecule has 2 rings (SSSR count). The highest BCUT2D eigenvalue weighted by molar-refractivity contribution is 7.92. The number of nitrogens with one attached hydrogen (secondary N) is 1. The van der Waals surface area contributed by atoms with Crippen LogP contribution in [0.15, 0.2) is 23.1 Å². The van der Waals surface area contributed by atoms with E-state index < -0.39 is 10.0 Å². The highest BCUT2D eigenvalue weighted by atomic mass is 35.5. The zero-order chi connectivity index (χ0) is 15.8. The zero-order valence-electron chi connectivity index (χ0n) is 11.8. The largest absolute Gasteiger partial charge is 0.397 e. The van der Waals surface area contributed by atoms with Crippen LogP contribution in [0.5, 0.6) is 0 Å². The molecule has 0 atom stereocenters. The molecule has 3 N–H and O–H groups in total. The topological polar surface area (TPSA) is 98.0 Å². The summed E-state index contributed by atoms with van der Waals surface area (Å²) in [5.41, 5.74) is 7.84. The molecule has 0 radical (unpaired) electrons. The highest BCUT2D eigenvalue weighted by Gasteiger charge is 2.18. The first-order chi connectivity index (χ1) is 9.69. The molecule has 1 aromatic carbocycles. The first-order valence-corrected chi connectivity index (χ1v) is 7.96. The van der Waals surface area contributed by atoms with Crippen molar-refractivity contribution in [3.63, 3.8) is 0 Å². The van der Waals surface area contributed by atoms with Crippen LogP contribution in [0.2, 0.25) is 5.02 Å². The summed E-state index contributed by atoms with van der Waals surface area (Å²) in [6, 6.07) is 4.51. The third kappa shape index (κ3) is 3.43. The standard InChI is InChI=1S/C13H15ClN4O2S/c1-7-4-10(6-11(15)12(7)14)21(19,20)18-13-16-8(2)5-9(3)17-13/h4-6H,15H2,1-3H3,(H,16,17,18). The van der Waals surface area contributed by atoms with Gasteiger partial charge in [-0.2, -0.15) is 0 Å². The molecule has 0 unspecified atom stereocenters. The van der Waals surface area contributed by atoms with Gasteiger partial charge in [-0.25, -0.2) is 23.1 Å². The molecule has 0 fully saturated rings.